The van der Waals surface area contributed by atoms with Crippen molar-refractivity contribution in [2.45, 2.75) is 102 Å². The number of amides is 3. The third-order valence-electron chi connectivity index (χ3n) is 17.3. The second-order valence-corrected chi connectivity index (χ2v) is 22.3. The lowest BCUT2D eigenvalue weighted by Gasteiger charge is -2.54. The number of ether oxygens (including phenoxy) is 1. The Kier molecular flexibility index (Phi) is 11.7. The number of nitrogens with one attached hydrogen (secondary N) is 2. The molecule has 4 N–H and O–H groups in total. The zero-order valence-corrected chi connectivity index (χ0v) is 40.4. The summed E-state index contributed by atoms with van der Waals surface area (Å²) in [6.07, 6.45) is 5.44. The van der Waals surface area contributed by atoms with E-state index in [0.29, 0.717) is 55.4 Å². The van der Waals surface area contributed by atoms with Gasteiger partial charge in [0, 0.05) is 100 Å². The van der Waals surface area contributed by atoms with Crippen LogP contribution >= 0.6 is 0 Å². The molecular formula is C52H60F5N11O4. The van der Waals surface area contributed by atoms with Gasteiger partial charge in [-0.1, -0.05) is 0 Å². The fourth-order valence-corrected chi connectivity index (χ4v) is 13.3. The van der Waals surface area contributed by atoms with Crippen molar-refractivity contribution in [1.82, 2.24) is 40.3 Å². The van der Waals surface area contributed by atoms with E-state index in [1.807, 2.05) is 17.0 Å². The van der Waals surface area contributed by atoms with Crippen LogP contribution in [0, 0.1) is 35.3 Å². The molecule has 3 atom stereocenters. The molecule has 15 nitrogen and oxygen atoms in total. The summed E-state index contributed by atoms with van der Waals surface area (Å²) < 4.78 is 82.1. The van der Waals surface area contributed by atoms with Crippen LogP contribution < -0.4 is 30.9 Å². The third kappa shape index (κ3) is 8.67. The molecule has 382 valence electrons. The number of piperidine rings is 2. The van der Waals surface area contributed by atoms with Crippen molar-refractivity contribution in [2.24, 2.45) is 16.7 Å². The van der Waals surface area contributed by atoms with E-state index in [1.54, 1.807) is 4.90 Å². The Labute approximate surface area is 414 Å². The summed E-state index contributed by atoms with van der Waals surface area (Å²) in [5.74, 6) is -2.39. The van der Waals surface area contributed by atoms with E-state index in [9.17, 15) is 27.6 Å². The smallest absolute Gasteiger partial charge is 0.417 e. The standard InChI is InChI=1S/C52H60F5N11O4/c1-29-18-37(58)42(53)40(41(29)52(55,56)57)45-43(54)44-36(22-59-45)46(67-25-32-2-3-33(26-67)60-32)63-49(62-44)72-28-51(8-9-51)27-65-12-10-50(11-13-65)20-30(21-50)23-64-14-16-66(17-15-64)34-4-5-35-31(19-34)24-68(48(35)71)38-6-7-39(69)61-47(38)70/h4-5,18-19,22,30,32-33,38,60H,2-3,6-17,20-21,23-28,58H2,1H3,(H,61,69,70)/t32?,33?,38-/m0/s1. The lowest BCUT2D eigenvalue weighted by Crippen LogP contribution is -2.53. The van der Waals surface area contributed by atoms with Gasteiger partial charge in [0.05, 0.1) is 28.8 Å². The lowest BCUT2D eigenvalue weighted by molar-refractivity contribution is -0.138. The average molecular weight is 998 g/mol. The number of anilines is 3. The third-order valence-corrected chi connectivity index (χ3v) is 17.3. The molecule has 8 heterocycles. The maximum absolute atomic E-state index is 16.8. The molecule has 3 amide bonds. The highest BCUT2D eigenvalue weighted by Crippen LogP contribution is 2.54. The molecular weight excluding hydrogens is 938 g/mol. The van der Waals surface area contributed by atoms with E-state index >= 15 is 8.78 Å². The number of aryl methyl sites for hydroxylation is 1. The average Bonchev–Trinajstić information content (AvgIpc) is 3.92. The van der Waals surface area contributed by atoms with E-state index in [0.717, 1.165) is 115 Å². The van der Waals surface area contributed by atoms with E-state index in [-0.39, 0.29) is 58.2 Å². The topological polar surface area (TPSA) is 165 Å². The van der Waals surface area contributed by atoms with Crippen LogP contribution in [0.5, 0.6) is 6.01 Å². The van der Waals surface area contributed by atoms with Gasteiger partial charge in [-0.15, -0.1) is 0 Å². The van der Waals surface area contributed by atoms with Gasteiger partial charge in [-0.2, -0.15) is 23.1 Å². The zero-order valence-electron chi connectivity index (χ0n) is 40.4. The molecule has 2 aromatic carbocycles. The summed E-state index contributed by atoms with van der Waals surface area (Å²) >= 11 is 0. The van der Waals surface area contributed by atoms with Gasteiger partial charge in [0.15, 0.2) is 11.6 Å². The highest BCUT2D eigenvalue weighted by molar-refractivity contribution is 6.05. The number of hydrogen-bond donors (Lipinski definition) is 3. The number of carbonyl (C=O) groups excluding carboxylic acids is 3. The maximum Gasteiger partial charge on any atom is 0.417 e. The number of aromatic nitrogens is 3. The van der Waals surface area contributed by atoms with Crippen LogP contribution in [-0.4, -0.2) is 138 Å². The number of hydrogen-bond acceptors (Lipinski definition) is 13. The number of pyridine rings is 1. The summed E-state index contributed by atoms with van der Waals surface area (Å²) in [5, 5.41) is 6.16. The molecule has 2 aromatic heterocycles. The van der Waals surface area contributed by atoms with Crippen molar-refractivity contribution in [3.05, 3.63) is 64.4 Å². The Morgan fingerprint density at radius 1 is 0.875 bits per heavy atom. The fourth-order valence-electron chi connectivity index (χ4n) is 13.3. The summed E-state index contributed by atoms with van der Waals surface area (Å²) in [5.41, 5.74) is 4.30. The molecule has 12 rings (SSSR count). The molecule has 0 radical (unpaired) electrons. The number of likely N-dealkylation sites (tertiary alicyclic amines) is 1. The number of fused-ring (bicyclic) bond motifs is 4. The van der Waals surface area contributed by atoms with Gasteiger partial charge in [0.25, 0.3) is 5.91 Å². The monoisotopic (exact) mass is 997 g/mol. The van der Waals surface area contributed by atoms with E-state index < -0.39 is 52.3 Å². The van der Waals surface area contributed by atoms with Gasteiger partial charge in [0.2, 0.25) is 11.8 Å². The summed E-state index contributed by atoms with van der Waals surface area (Å²) in [7, 11) is 0. The van der Waals surface area contributed by atoms with Crippen molar-refractivity contribution in [2.75, 3.05) is 87.6 Å². The number of piperazine rings is 2. The Morgan fingerprint density at radius 2 is 1.61 bits per heavy atom. The molecule has 1 spiro atoms. The second kappa shape index (κ2) is 17.7. The number of nitrogens with two attached hydrogens (primary N) is 1. The number of imide groups is 1. The largest absolute Gasteiger partial charge is 0.463 e. The number of alkyl halides is 3. The SMILES string of the molecule is Cc1cc(N)c(F)c(-c2ncc3c(N4CC5CCC(C4)N5)nc(OCC4(CN5CCC6(CC5)CC(CN5CCN(c7ccc8c(c7)CN([C@H]7CCC(=O)NC7=O)C8=O)CC5)C6)CC4)nc3c2F)c1C(F)(F)F. The van der Waals surface area contributed by atoms with Crippen molar-refractivity contribution in [1.29, 1.82) is 0 Å². The molecule has 8 aliphatic rings. The molecule has 2 saturated carbocycles. The van der Waals surface area contributed by atoms with Crippen molar-refractivity contribution < 1.29 is 41.1 Å². The predicted molar refractivity (Wildman–Crippen MR) is 258 cm³/mol. The van der Waals surface area contributed by atoms with Crippen LogP contribution in [0.25, 0.3) is 22.2 Å². The predicted octanol–water partition coefficient (Wildman–Crippen LogP) is 6.05. The van der Waals surface area contributed by atoms with Crippen molar-refractivity contribution in [3.63, 3.8) is 0 Å². The Hall–Kier alpha value is -5.73. The minimum Gasteiger partial charge on any atom is -0.463 e. The fraction of sp³-hybridized carbons (Fsp3) is 0.577. The first kappa shape index (κ1) is 47.3. The van der Waals surface area contributed by atoms with Gasteiger partial charge < -0.3 is 35.4 Å². The van der Waals surface area contributed by atoms with Crippen LogP contribution in [0.4, 0.5) is 39.1 Å². The molecule has 72 heavy (non-hydrogen) atoms. The first-order valence-corrected chi connectivity index (χ1v) is 25.6. The van der Waals surface area contributed by atoms with E-state index in [4.69, 9.17) is 15.5 Å². The number of nitrogen functional groups attached to an aromatic ring is 1. The number of carbonyl (C=O) groups is 3. The number of halogens is 5. The highest BCUT2D eigenvalue weighted by atomic mass is 19.4. The van der Waals surface area contributed by atoms with Crippen molar-refractivity contribution >= 4 is 45.8 Å². The Morgan fingerprint density at radius 3 is 2.31 bits per heavy atom. The van der Waals surface area contributed by atoms with Gasteiger partial charge in [0.1, 0.15) is 23.1 Å². The molecule has 4 aromatic rings. The summed E-state index contributed by atoms with van der Waals surface area (Å²) in [6, 6.07) is 6.58. The Bertz CT molecular complexity index is 2840. The van der Waals surface area contributed by atoms with Crippen molar-refractivity contribution in [3.8, 4) is 17.3 Å². The minimum atomic E-state index is -5.01. The van der Waals surface area contributed by atoms with Crippen LogP contribution in [0.2, 0.25) is 0 Å². The summed E-state index contributed by atoms with van der Waals surface area (Å²) in [4.78, 5) is 62.0. The first-order valence-electron chi connectivity index (χ1n) is 25.6. The normalized spacial score (nSPS) is 25.3. The van der Waals surface area contributed by atoms with E-state index in [2.05, 4.69) is 41.4 Å². The second-order valence-electron chi connectivity index (χ2n) is 22.3. The van der Waals surface area contributed by atoms with Gasteiger partial charge in [-0.25, -0.2) is 8.78 Å². The number of benzene rings is 2. The Balaban J connectivity index is 0.655. The first-order chi connectivity index (χ1) is 34.5. The maximum atomic E-state index is 16.8. The quantitative estimate of drug-likeness (QED) is 0.0905. The zero-order chi connectivity index (χ0) is 49.8. The molecule has 2 aliphatic carbocycles. The lowest BCUT2D eigenvalue weighted by atomic mass is 9.57. The number of rotatable bonds is 11. The van der Waals surface area contributed by atoms with Gasteiger partial charge in [-0.05, 0) is 125 Å². The molecule has 2 bridgehead atoms. The van der Waals surface area contributed by atoms with E-state index in [1.165, 1.54) is 19.0 Å². The summed E-state index contributed by atoms with van der Waals surface area (Å²) in [6.45, 7) is 10.7. The number of nitrogens with zero attached hydrogens (tertiary/aromatic N) is 8. The van der Waals surface area contributed by atoms with Gasteiger partial charge >= 0.3 is 12.2 Å². The van der Waals surface area contributed by atoms with Crippen LogP contribution in [0.3, 0.4) is 0 Å². The highest BCUT2D eigenvalue weighted by Gasteiger charge is 2.50. The van der Waals surface area contributed by atoms with Crippen LogP contribution in [0.1, 0.15) is 91.3 Å². The molecule has 6 aliphatic heterocycles. The molecule has 20 heteroatoms. The van der Waals surface area contributed by atoms with Crippen LogP contribution in [-0.2, 0) is 22.3 Å². The molecule has 2 unspecified atom stereocenters. The van der Waals surface area contributed by atoms with Crippen LogP contribution in [0.15, 0.2) is 30.5 Å². The molecule has 7 fully saturated rings. The minimum absolute atomic E-state index is 0.0773. The molecule has 5 saturated heterocycles. The van der Waals surface area contributed by atoms with Gasteiger partial charge in [-0.3, -0.25) is 29.6 Å².